The van der Waals surface area contributed by atoms with E-state index in [0.29, 0.717) is 19.7 Å². The number of rotatable bonds is 11. The molecule has 3 rings (SSSR count). The highest BCUT2D eigenvalue weighted by atomic mass is 32.2. The first-order chi connectivity index (χ1) is 13.0. The lowest BCUT2D eigenvalue weighted by Gasteiger charge is -2.23. The molecule has 1 saturated carbocycles. The van der Waals surface area contributed by atoms with Gasteiger partial charge in [0.05, 0.1) is 24.3 Å². The molecule has 1 aliphatic rings. The van der Waals surface area contributed by atoms with Gasteiger partial charge in [0, 0.05) is 33.3 Å². The first kappa shape index (κ1) is 20.0. The molecular formula is C20H29N3O3S. The van der Waals surface area contributed by atoms with Gasteiger partial charge in [0.25, 0.3) is 0 Å². The molecule has 1 aromatic carbocycles. The molecule has 0 N–H and O–H groups in total. The third-order valence-electron chi connectivity index (χ3n) is 4.93. The highest BCUT2D eigenvalue weighted by Gasteiger charge is 2.26. The molecule has 1 heterocycles. The van der Waals surface area contributed by atoms with Crippen molar-refractivity contribution in [3.05, 3.63) is 47.8 Å². The fourth-order valence-corrected chi connectivity index (χ4v) is 4.25. The maximum Gasteiger partial charge on any atom is 0.227 e. The monoisotopic (exact) mass is 391 g/mol. The van der Waals surface area contributed by atoms with Crippen LogP contribution in [0.5, 0.6) is 0 Å². The first-order valence-electron chi connectivity index (χ1n) is 9.56. The van der Waals surface area contributed by atoms with Crippen LogP contribution in [0.4, 0.5) is 0 Å². The smallest absolute Gasteiger partial charge is 0.227 e. The van der Waals surface area contributed by atoms with Crippen molar-refractivity contribution in [3.63, 3.8) is 0 Å². The number of benzene rings is 1. The van der Waals surface area contributed by atoms with Crippen molar-refractivity contribution >= 4 is 9.84 Å². The highest BCUT2D eigenvalue weighted by Crippen LogP contribution is 2.31. The van der Waals surface area contributed by atoms with Crippen LogP contribution in [0.15, 0.2) is 41.7 Å². The molecule has 6 nitrogen and oxygen atoms in total. The molecule has 0 amide bonds. The maximum atomic E-state index is 12.4. The number of hydrogen-bond acceptors (Lipinski definition) is 5. The number of sulfone groups is 1. The molecule has 0 saturated heterocycles. The quantitative estimate of drug-likeness (QED) is 0.589. The third kappa shape index (κ3) is 5.40. The summed E-state index contributed by atoms with van der Waals surface area (Å²) in [7, 11) is -1.74. The molecule has 0 radical (unpaired) electrons. The maximum absolute atomic E-state index is 12.4. The van der Waals surface area contributed by atoms with Crippen molar-refractivity contribution in [2.24, 2.45) is 5.92 Å². The molecule has 0 atom stereocenters. The third-order valence-corrected chi connectivity index (χ3v) is 6.57. The van der Waals surface area contributed by atoms with E-state index in [0.717, 1.165) is 24.7 Å². The van der Waals surface area contributed by atoms with Gasteiger partial charge in [-0.2, -0.15) is 0 Å². The lowest BCUT2D eigenvalue weighted by molar-refractivity contribution is 0.180. The Balaban J connectivity index is 1.83. The second-order valence-corrected chi connectivity index (χ2v) is 9.35. The molecule has 1 aliphatic carbocycles. The fraction of sp³-hybridized carbons (Fsp3) is 0.550. The molecule has 0 aliphatic heterocycles. The van der Waals surface area contributed by atoms with Crippen LogP contribution in [0.2, 0.25) is 0 Å². The summed E-state index contributed by atoms with van der Waals surface area (Å²) in [5.41, 5.74) is 2.19. The first-order valence-corrected chi connectivity index (χ1v) is 11.2. The van der Waals surface area contributed by atoms with Crippen molar-refractivity contribution in [2.75, 3.05) is 26.0 Å². The average Bonchev–Trinajstić information content (AvgIpc) is 3.39. The average molecular weight is 392 g/mol. The zero-order valence-electron chi connectivity index (χ0n) is 16.2. The number of aromatic nitrogens is 2. The van der Waals surface area contributed by atoms with E-state index in [1.165, 1.54) is 18.4 Å². The number of hydrogen-bond donors (Lipinski definition) is 0. The molecule has 0 spiro atoms. The van der Waals surface area contributed by atoms with E-state index in [9.17, 15) is 8.42 Å². The Morgan fingerprint density at radius 1 is 1.22 bits per heavy atom. The Morgan fingerprint density at radius 2 is 1.96 bits per heavy atom. The van der Waals surface area contributed by atoms with E-state index in [-0.39, 0.29) is 10.9 Å². The summed E-state index contributed by atoms with van der Waals surface area (Å²) in [4.78, 5) is 6.66. The van der Waals surface area contributed by atoms with Crippen LogP contribution >= 0.6 is 0 Å². The summed E-state index contributed by atoms with van der Waals surface area (Å²) in [6.07, 6.45) is 4.27. The van der Waals surface area contributed by atoms with E-state index in [1.807, 2.05) is 10.6 Å². The SMILES string of the molecule is CCS(=O)(=O)c1ncc(CN(Cc2ccccc2)CC2CC2)n1CCOC. The normalized spacial score (nSPS) is 14.8. The standard InChI is InChI=1S/C20H29N3O3S/c1-3-27(24,25)20-21-13-19(23(20)11-12-26-2)16-22(15-18-9-10-18)14-17-7-5-4-6-8-17/h4-8,13,18H,3,9-12,14-16H2,1-2H3. The van der Waals surface area contributed by atoms with Crippen molar-refractivity contribution in [1.29, 1.82) is 0 Å². The highest BCUT2D eigenvalue weighted by molar-refractivity contribution is 7.91. The lowest BCUT2D eigenvalue weighted by atomic mass is 10.2. The van der Waals surface area contributed by atoms with E-state index in [1.54, 1.807) is 20.2 Å². The molecule has 2 aromatic rings. The Hall–Kier alpha value is -1.70. The molecule has 148 valence electrons. The molecular weight excluding hydrogens is 362 g/mol. The van der Waals surface area contributed by atoms with Gasteiger partial charge in [-0.1, -0.05) is 37.3 Å². The van der Waals surface area contributed by atoms with Crippen molar-refractivity contribution in [2.45, 2.75) is 44.6 Å². The largest absolute Gasteiger partial charge is 0.383 e. The van der Waals surface area contributed by atoms with Crippen LogP contribution in [0.3, 0.4) is 0 Å². The summed E-state index contributed by atoms with van der Waals surface area (Å²) >= 11 is 0. The van der Waals surface area contributed by atoms with Gasteiger partial charge in [-0.05, 0) is 24.3 Å². The minimum absolute atomic E-state index is 0.0479. The molecule has 1 aromatic heterocycles. The number of ether oxygens (including phenoxy) is 1. The van der Waals surface area contributed by atoms with Gasteiger partial charge in [-0.25, -0.2) is 13.4 Å². The van der Waals surface area contributed by atoms with Gasteiger partial charge in [0.15, 0.2) is 0 Å². The summed E-state index contributed by atoms with van der Waals surface area (Å²) in [6, 6.07) is 10.4. The summed E-state index contributed by atoms with van der Waals surface area (Å²) < 4.78 is 31.9. The second kappa shape index (κ2) is 8.99. The zero-order valence-corrected chi connectivity index (χ0v) is 17.0. The van der Waals surface area contributed by atoms with E-state index < -0.39 is 9.84 Å². The minimum Gasteiger partial charge on any atom is -0.383 e. The number of imidazole rings is 1. The van der Waals surface area contributed by atoms with Gasteiger partial charge in [0.1, 0.15) is 0 Å². The summed E-state index contributed by atoms with van der Waals surface area (Å²) in [5, 5.41) is 0.156. The molecule has 1 fully saturated rings. The van der Waals surface area contributed by atoms with Crippen LogP contribution in [0.25, 0.3) is 0 Å². The van der Waals surface area contributed by atoms with Crippen LogP contribution in [-0.4, -0.2) is 48.9 Å². The van der Waals surface area contributed by atoms with Crippen molar-refractivity contribution in [1.82, 2.24) is 14.5 Å². The Labute approximate surface area is 162 Å². The minimum atomic E-state index is -3.37. The van der Waals surface area contributed by atoms with Gasteiger partial charge >= 0.3 is 0 Å². The van der Waals surface area contributed by atoms with Gasteiger partial charge in [-0.15, -0.1) is 0 Å². The van der Waals surface area contributed by atoms with Crippen LogP contribution in [0.1, 0.15) is 31.0 Å². The zero-order chi connectivity index (χ0) is 19.3. The summed E-state index contributed by atoms with van der Waals surface area (Å²) in [6.45, 7) is 5.16. The molecule has 27 heavy (non-hydrogen) atoms. The fourth-order valence-electron chi connectivity index (χ4n) is 3.24. The van der Waals surface area contributed by atoms with E-state index in [4.69, 9.17) is 4.74 Å². The second-order valence-electron chi connectivity index (χ2n) is 7.18. The van der Waals surface area contributed by atoms with E-state index >= 15 is 0 Å². The van der Waals surface area contributed by atoms with Gasteiger partial charge in [0.2, 0.25) is 15.0 Å². The van der Waals surface area contributed by atoms with Crippen LogP contribution in [-0.2, 0) is 34.2 Å². The van der Waals surface area contributed by atoms with Crippen LogP contribution < -0.4 is 0 Å². The van der Waals surface area contributed by atoms with Crippen LogP contribution in [0, 0.1) is 5.92 Å². The molecule has 0 unspecified atom stereocenters. The lowest BCUT2D eigenvalue weighted by Crippen LogP contribution is -2.27. The molecule has 7 heteroatoms. The predicted molar refractivity (Wildman–Crippen MR) is 105 cm³/mol. The van der Waals surface area contributed by atoms with Gasteiger partial charge in [-0.3, -0.25) is 4.90 Å². The Kier molecular flexibility index (Phi) is 6.68. The van der Waals surface area contributed by atoms with Crippen molar-refractivity contribution < 1.29 is 13.2 Å². The van der Waals surface area contributed by atoms with Crippen molar-refractivity contribution in [3.8, 4) is 0 Å². The summed E-state index contributed by atoms with van der Waals surface area (Å²) in [5.74, 6) is 0.801. The number of methoxy groups -OCH3 is 1. The Bertz CT molecular complexity index is 829. The Morgan fingerprint density at radius 3 is 2.59 bits per heavy atom. The number of nitrogens with zero attached hydrogens (tertiary/aromatic N) is 3. The van der Waals surface area contributed by atoms with E-state index in [2.05, 4.69) is 34.1 Å². The predicted octanol–water partition coefficient (Wildman–Crippen LogP) is 2.74. The topological polar surface area (TPSA) is 64.4 Å². The molecule has 0 bridgehead atoms. The van der Waals surface area contributed by atoms with Gasteiger partial charge < -0.3 is 9.30 Å².